The molecule has 0 unspecified atom stereocenters. The van der Waals surface area contributed by atoms with E-state index in [0.717, 1.165) is 5.56 Å². The molecule has 0 bridgehead atoms. The van der Waals surface area contributed by atoms with Crippen LogP contribution in [0.25, 0.3) is 11.5 Å². The number of ether oxygens (including phenoxy) is 2. The monoisotopic (exact) mass is 312 g/mol. The van der Waals surface area contributed by atoms with Gasteiger partial charge in [-0.25, -0.2) is 0 Å². The zero-order valence-corrected chi connectivity index (χ0v) is 12.5. The quantitative estimate of drug-likeness (QED) is 0.754. The first kappa shape index (κ1) is 15.1. The SMILES string of the molecule is COc1cccc([C@H](O)COc2ccccc2-c2nnco2)c1. The molecular formula is C17H16N2O4. The number of para-hydroxylation sites is 1. The highest BCUT2D eigenvalue weighted by molar-refractivity contribution is 5.62. The van der Waals surface area contributed by atoms with Crippen molar-refractivity contribution in [2.45, 2.75) is 6.10 Å². The third-order valence-electron chi connectivity index (χ3n) is 3.35. The van der Waals surface area contributed by atoms with Gasteiger partial charge in [0.1, 0.15) is 24.2 Å². The number of benzene rings is 2. The van der Waals surface area contributed by atoms with Crippen molar-refractivity contribution in [1.29, 1.82) is 0 Å². The number of aliphatic hydroxyl groups excluding tert-OH is 1. The lowest BCUT2D eigenvalue weighted by atomic mass is 10.1. The van der Waals surface area contributed by atoms with Gasteiger partial charge in [-0.1, -0.05) is 24.3 Å². The Hall–Kier alpha value is -2.86. The highest BCUT2D eigenvalue weighted by Crippen LogP contribution is 2.29. The van der Waals surface area contributed by atoms with E-state index in [9.17, 15) is 5.11 Å². The van der Waals surface area contributed by atoms with E-state index < -0.39 is 6.10 Å². The van der Waals surface area contributed by atoms with Gasteiger partial charge < -0.3 is 19.0 Å². The molecule has 0 aliphatic heterocycles. The predicted molar refractivity (Wildman–Crippen MR) is 83.2 cm³/mol. The van der Waals surface area contributed by atoms with Crippen LogP contribution in [0, 0.1) is 0 Å². The Labute approximate surface area is 133 Å². The summed E-state index contributed by atoms with van der Waals surface area (Å²) in [5.41, 5.74) is 1.41. The van der Waals surface area contributed by atoms with Crippen LogP contribution in [0.4, 0.5) is 0 Å². The second kappa shape index (κ2) is 6.93. The minimum absolute atomic E-state index is 0.0956. The van der Waals surface area contributed by atoms with Gasteiger partial charge in [0, 0.05) is 0 Å². The zero-order valence-electron chi connectivity index (χ0n) is 12.5. The molecule has 0 amide bonds. The molecule has 0 spiro atoms. The van der Waals surface area contributed by atoms with Crippen LogP contribution in [0.1, 0.15) is 11.7 Å². The lowest BCUT2D eigenvalue weighted by Crippen LogP contribution is -2.10. The molecular weight excluding hydrogens is 296 g/mol. The number of methoxy groups -OCH3 is 1. The van der Waals surface area contributed by atoms with Gasteiger partial charge in [0.2, 0.25) is 6.39 Å². The summed E-state index contributed by atoms with van der Waals surface area (Å²) in [4.78, 5) is 0. The number of rotatable bonds is 6. The molecule has 3 rings (SSSR count). The van der Waals surface area contributed by atoms with Gasteiger partial charge in [-0.15, -0.1) is 10.2 Å². The summed E-state index contributed by atoms with van der Waals surface area (Å²) in [5, 5.41) is 17.8. The van der Waals surface area contributed by atoms with E-state index in [-0.39, 0.29) is 6.61 Å². The third-order valence-corrected chi connectivity index (χ3v) is 3.35. The molecule has 0 aliphatic carbocycles. The largest absolute Gasteiger partial charge is 0.497 e. The summed E-state index contributed by atoms with van der Waals surface area (Å²) in [6, 6.07) is 14.5. The van der Waals surface area contributed by atoms with E-state index in [1.165, 1.54) is 6.39 Å². The standard InChI is InChI=1S/C17H16N2O4/c1-21-13-6-4-5-12(9-13)15(20)10-22-16-8-3-2-7-14(16)17-19-18-11-23-17/h2-9,11,15,20H,10H2,1H3/t15-/m1/s1. The number of aromatic nitrogens is 2. The summed E-state index contributed by atoms with van der Waals surface area (Å²) >= 11 is 0. The van der Waals surface area contributed by atoms with Crippen molar-refractivity contribution in [3.05, 3.63) is 60.5 Å². The molecule has 23 heavy (non-hydrogen) atoms. The molecule has 0 radical (unpaired) electrons. The Morgan fingerprint density at radius 1 is 1.17 bits per heavy atom. The molecule has 6 nitrogen and oxygen atoms in total. The lowest BCUT2D eigenvalue weighted by Gasteiger charge is -2.14. The van der Waals surface area contributed by atoms with E-state index in [4.69, 9.17) is 13.9 Å². The van der Waals surface area contributed by atoms with Crippen molar-refractivity contribution in [3.8, 4) is 23.0 Å². The van der Waals surface area contributed by atoms with Gasteiger partial charge in [-0.2, -0.15) is 0 Å². The highest BCUT2D eigenvalue weighted by Gasteiger charge is 2.14. The van der Waals surface area contributed by atoms with Crippen molar-refractivity contribution in [2.75, 3.05) is 13.7 Å². The van der Waals surface area contributed by atoms with E-state index in [0.29, 0.717) is 23.0 Å². The van der Waals surface area contributed by atoms with Crippen molar-refractivity contribution in [2.24, 2.45) is 0 Å². The fraction of sp³-hybridized carbons (Fsp3) is 0.176. The topological polar surface area (TPSA) is 77.6 Å². The Balaban J connectivity index is 1.73. The third kappa shape index (κ3) is 3.49. The van der Waals surface area contributed by atoms with Crippen LogP contribution in [-0.2, 0) is 0 Å². The fourth-order valence-electron chi connectivity index (χ4n) is 2.17. The van der Waals surface area contributed by atoms with Crippen molar-refractivity contribution in [1.82, 2.24) is 10.2 Å². The summed E-state index contributed by atoms with van der Waals surface area (Å²) in [7, 11) is 1.59. The van der Waals surface area contributed by atoms with Crippen molar-refractivity contribution >= 4 is 0 Å². The van der Waals surface area contributed by atoms with Crippen molar-refractivity contribution in [3.63, 3.8) is 0 Å². The van der Waals surface area contributed by atoms with Gasteiger partial charge in [0.05, 0.1) is 12.7 Å². The molecule has 1 N–H and O–H groups in total. The van der Waals surface area contributed by atoms with Gasteiger partial charge in [0.25, 0.3) is 5.89 Å². The van der Waals surface area contributed by atoms with Gasteiger partial charge in [-0.05, 0) is 29.8 Å². The molecule has 118 valence electrons. The van der Waals surface area contributed by atoms with Crippen LogP contribution >= 0.6 is 0 Å². The Bertz CT molecular complexity index is 759. The van der Waals surface area contributed by atoms with E-state index in [2.05, 4.69) is 10.2 Å². The fourth-order valence-corrected chi connectivity index (χ4v) is 2.17. The summed E-state index contributed by atoms with van der Waals surface area (Å²) in [5.74, 6) is 1.63. The molecule has 1 aromatic heterocycles. The number of hydrogen-bond donors (Lipinski definition) is 1. The maximum absolute atomic E-state index is 10.3. The summed E-state index contributed by atoms with van der Waals surface area (Å²) in [6.07, 6.45) is 0.484. The highest BCUT2D eigenvalue weighted by atomic mass is 16.5. The van der Waals surface area contributed by atoms with Gasteiger partial charge in [-0.3, -0.25) is 0 Å². The van der Waals surface area contributed by atoms with Gasteiger partial charge >= 0.3 is 0 Å². The average molecular weight is 312 g/mol. The summed E-state index contributed by atoms with van der Waals surface area (Å²) < 4.78 is 16.1. The molecule has 0 aliphatic rings. The molecule has 6 heteroatoms. The lowest BCUT2D eigenvalue weighted by molar-refractivity contribution is 0.108. The second-order valence-electron chi connectivity index (χ2n) is 4.84. The number of aliphatic hydroxyl groups is 1. The maximum atomic E-state index is 10.3. The van der Waals surface area contributed by atoms with Crippen LogP contribution in [0.3, 0.4) is 0 Å². The maximum Gasteiger partial charge on any atom is 0.251 e. The molecule has 2 aromatic carbocycles. The number of nitrogens with zero attached hydrogens (tertiary/aromatic N) is 2. The Kier molecular flexibility index (Phi) is 4.54. The molecule has 0 fully saturated rings. The van der Waals surface area contributed by atoms with Crippen LogP contribution in [0.2, 0.25) is 0 Å². The second-order valence-corrected chi connectivity index (χ2v) is 4.84. The molecule has 0 saturated carbocycles. The minimum atomic E-state index is -0.777. The van der Waals surface area contributed by atoms with Crippen LogP contribution in [0.5, 0.6) is 11.5 Å². The van der Waals surface area contributed by atoms with Crippen molar-refractivity contribution < 1.29 is 19.0 Å². The Morgan fingerprint density at radius 3 is 2.83 bits per heavy atom. The van der Waals surface area contributed by atoms with E-state index in [1.807, 2.05) is 36.4 Å². The average Bonchev–Trinajstić information content (AvgIpc) is 3.14. The molecule has 0 saturated heterocycles. The number of hydrogen-bond acceptors (Lipinski definition) is 6. The van der Waals surface area contributed by atoms with E-state index in [1.54, 1.807) is 19.2 Å². The van der Waals surface area contributed by atoms with Gasteiger partial charge in [0.15, 0.2) is 0 Å². The first-order chi connectivity index (χ1) is 11.3. The first-order valence-corrected chi connectivity index (χ1v) is 7.08. The zero-order chi connectivity index (χ0) is 16.1. The summed E-state index contributed by atoms with van der Waals surface area (Å²) in [6.45, 7) is 0.0956. The Morgan fingerprint density at radius 2 is 2.04 bits per heavy atom. The smallest absolute Gasteiger partial charge is 0.251 e. The minimum Gasteiger partial charge on any atom is -0.497 e. The van der Waals surface area contributed by atoms with Crippen LogP contribution < -0.4 is 9.47 Å². The van der Waals surface area contributed by atoms with Crippen LogP contribution in [0.15, 0.2) is 59.3 Å². The van der Waals surface area contributed by atoms with E-state index >= 15 is 0 Å². The van der Waals surface area contributed by atoms with Crippen LogP contribution in [-0.4, -0.2) is 29.0 Å². The molecule has 1 atom stereocenters. The first-order valence-electron chi connectivity index (χ1n) is 7.08. The molecule has 3 aromatic rings. The molecule has 1 heterocycles. The normalized spacial score (nSPS) is 11.9. The predicted octanol–water partition coefficient (Wildman–Crippen LogP) is 2.86.